The Morgan fingerprint density at radius 3 is 2.50 bits per heavy atom. The Labute approximate surface area is 183 Å². The number of hydrogen-bond acceptors (Lipinski definition) is 7. The minimum atomic E-state index is -0.208. The number of nitrogens with one attached hydrogen (secondary N) is 1. The zero-order valence-corrected chi connectivity index (χ0v) is 19.2. The van der Waals surface area contributed by atoms with Crippen molar-refractivity contribution in [1.82, 2.24) is 24.6 Å². The maximum atomic E-state index is 12.4. The molecule has 2 amide bonds. The van der Waals surface area contributed by atoms with E-state index < -0.39 is 0 Å². The lowest BCUT2D eigenvalue weighted by atomic mass is 10.1. The van der Waals surface area contributed by atoms with Crippen molar-refractivity contribution in [3.8, 4) is 11.4 Å². The molecule has 0 atom stereocenters. The largest absolute Gasteiger partial charge is 0.344 e. The number of amides is 2. The molecule has 0 aliphatic heterocycles. The average Bonchev–Trinajstić information content (AvgIpc) is 3.29. The zero-order chi connectivity index (χ0) is 21.8. The molecule has 0 aliphatic carbocycles. The first-order valence-electron chi connectivity index (χ1n) is 9.42. The molecule has 0 fully saturated rings. The summed E-state index contributed by atoms with van der Waals surface area (Å²) in [5.74, 6) is 0.615. The van der Waals surface area contributed by atoms with Gasteiger partial charge in [0.2, 0.25) is 5.91 Å². The fraction of sp³-hybridized carbons (Fsp3) is 0.350. The second-order valence-corrected chi connectivity index (χ2v) is 8.83. The van der Waals surface area contributed by atoms with Crippen LogP contribution in [0.3, 0.4) is 0 Å². The van der Waals surface area contributed by atoms with E-state index in [1.54, 1.807) is 21.0 Å². The molecule has 2 aromatic heterocycles. The van der Waals surface area contributed by atoms with Crippen LogP contribution in [0.5, 0.6) is 0 Å². The van der Waals surface area contributed by atoms with Crippen LogP contribution in [0, 0.1) is 13.8 Å². The standard InChI is InChI=1S/C20H24N6O2S2/c1-6-26-17(14-9-7-12(2)8-10-14)23-24-20(26)29-11-15(27)22-19-21-13(3)16(30-19)18(28)25(4)5/h7-10H,6,11H2,1-5H3,(H,21,22,27). The molecule has 0 unspecified atom stereocenters. The van der Waals surface area contributed by atoms with Gasteiger partial charge in [-0.15, -0.1) is 10.2 Å². The third kappa shape index (κ3) is 4.88. The van der Waals surface area contributed by atoms with E-state index in [9.17, 15) is 9.59 Å². The number of anilines is 1. The van der Waals surface area contributed by atoms with Crippen LogP contribution in [-0.4, -0.2) is 56.3 Å². The molecule has 30 heavy (non-hydrogen) atoms. The van der Waals surface area contributed by atoms with Crippen LogP contribution in [-0.2, 0) is 11.3 Å². The van der Waals surface area contributed by atoms with E-state index in [0.717, 1.165) is 11.4 Å². The molecule has 0 bridgehead atoms. The number of thioether (sulfide) groups is 1. The summed E-state index contributed by atoms with van der Waals surface area (Å²) in [7, 11) is 3.37. The monoisotopic (exact) mass is 444 g/mol. The number of aryl methyl sites for hydroxylation is 2. The average molecular weight is 445 g/mol. The smallest absolute Gasteiger partial charge is 0.265 e. The molecule has 0 saturated heterocycles. The molecule has 1 aromatic carbocycles. The Bertz CT molecular complexity index is 1060. The maximum Gasteiger partial charge on any atom is 0.265 e. The molecule has 0 saturated carbocycles. The van der Waals surface area contributed by atoms with Crippen LogP contribution in [0.1, 0.15) is 27.9 Å². The summed E-state index contributed by atoms with van der Waals surface area (Å²) in [5, 5.41) is 12.4. The normalized spacial score (nSPS) is 10.8. The maximum absolute atomic E-state index is 12.4. The fourth-order valence-electron chi connectivity index (χ4n) is 2.73. The van der Waals surface area contributed by atoms with E-state index in [2.05, 4.69) is 20.5 Å². The lowest BCUT2D eigenvalue weighted by Crippen LogP contribution is -2.21. The Morgan fingerprint density at radius 2 is 1.87 bits per heavy atom. The lowest BCUT2D eigenvalue weighted by molar-refractivity contribution is -0.113. The Morgan fingerprint density at radius 1 is 1.17 bits per heavy atom. The second kappa shape index (κ2) is 9.40. The summed E-state index contributed by atoms with van der Waals surface area (Å²) < 4.78 is 1.99. The first kappa shape index (κ1) is 22.0. The van der Waals surface area contributed by atoms with Gasteiger partial charge in [0, 0.05) is 26.2 Å². The van der Waals surface area contributed by atoms with Crippen molar-refractivity contribution in [2.45, 2.75) is 32.5 Å². The van der Waals surface area contributed by atoms with Crippen molar-refractivity contribution in [2.75, 3.05) is 25.2 Å². The third-order valence-corrected chi connectivity index (χ3v) is 6.35. The van der Waals surface area contributed by atoms with Gasteiger partial charge in [0.25, 0.3) is 5.91 Å². The van der Waals surface area contributed by atoms with E-state index in [1.807, 2.05) is 42.7 Å². The molecule has 0 radical (unpaired) electrons. The predicted octanol–water partition coefficient (Wildman–Crippen LogP) is 3.47. The van der Waals surface area contributed by atoms with Crippen LogP contribution in [0.2, 0.25) is 0 Å². The van der Waals surface area contributed by atoms with Gasteiger partial charge in [0.1, 0.15) is 4.88 Å². The van der Waals surface area contributed by atoms with Crippen LogP contribution >= 0.6 is 23.1 Å². The van der Waals surface area contributed by atoms with E-state index in [4.69, 9.17) is 0 Å². The highest BCUT2D eigenvalue weighted by atomic mass is 32.2. The van der Waals surface area contributed by atoms with Gasteiger partial charge >= 0.3 is 0 Å². The van der Waals surface area contributed by atoms with Gasteiger partial charge in [-0.25, -0.2) is 4.98 Å². The van der Waals surface area contributed by atoms with Crippen molar-refractivity contribution >= 4 is 40.0 Å². The molecule has 0 aliphatic rings. The minimum Gasteiger partial charge on any atom is -0.344 e. The summed E-state index contributed by atoms with van der Waals surface area (Å²) in [5.41, 5.74) is 2.78. The number of hydrogen-bond donors (Lipinski definition) is 1. The summed E-state index contributed by atoms with van der Waals surface area (Å²) in [6, 6.07) is 8.11. The van der Waals surface area contributed by atoms with Gasteiger partial charge in [-0.05, 0) is 20.8 Å². The Kier molecular flexibility index (Phi) is 6.88. The Hall–Kier alpha value is -2.72. The van der Waals surface area contributed by atoms with Crippen molar-refractivity contribution in [1.29, 1.82) is 0 Å². The molecule has 3 rings (SSSR count). The fourth-order valence-corrected chi connectivity index (χ4v) is 4.54. The number of carbonyl (C=O) groups is 2. The van der Waals surface area contributed by atoms with Crippen molar-refractivity contribution in [3.05, 3.63) is 40.4 Å². The topological polar surface area (TPSA) is 93.0 Å². The lowest BCUT2D eigenvalue weighted by Gasteiger charge is -2.08. The van der Waals surface area contributed by atoms with Crippen molar-refractivity contribution in [2.24, 2.45) is 0 Å². The van der Waals surface area contributed by atoms with E-state index in [-0.39, 0.29) is 17.6 Å². The highest BCUT2D eigenvalue weighted by Gasteiger charge is 2.19. The van der Waals surface area contributed by atoms with E-state index in [0.29, 0.717) is 27.4 Å². The SMILES string of the molecule is CCn1c(SCC(=O)Nc2nc(C)c(C(=O)N(C)C)s2)nnc1-c1ccc(C)cc1. The van der Waals surface area contributed by atoms with Gasteiger partial charge < -0.3 is 14.8 Å². The highest BCUT2D eigenvalue weighted by Crippen LogP contribution is 2.26. The summed E-state index contributed by atoms with van der Waals surface area (Å²) >= 11 is 2.50. The molecule has 2 heterocycles. The molecule has 1 N–H and O–H groups in total. The molecule has 8 nitrogen and oxygen atoms in total. The number of aromatic nitrogens is 4. The molecule has 3 aromatic rings. The van der Waals surface area contributed by atoms with Crippen LogP contribution in [0.25, 0.3) is 11.4 Å². The molecule has 10 heteroatoms. The van der Waals surface area contributed by atoms with Gasteiger partial charge in [-0.2, -0.15) is 0 Å². The molecule has 0 spiro atoms. The van der Waals surface area contributed by atoms with Gasteiger partial charge in [-0.1, -0.05) is 52.9 Å². The van der Waals surface area contributed by atoms with Crippen LogP contribution in [0.4, 0.5) is 5.13 Å². The minimum absolute atomic E-state index is 0.125. The highest BCUT2D eigenvalue weighted by molar-refractivity contribution is 7.99. The Balaban J connectivity index is 1.66. The molecular formula is C20H24N6O2S2. The van der Waals surface area contributed by atoms with Crippen molar-refractivity contribution in [3.63, 3.8) is 0 Å². The van der Waals surface area contributed by atoms with Crippen molar-refractivity contribution < 1.29 is 9.59 Å². The quantitative estimate of drug-likeness (QED) is 0.561. The molecular weight excluding hydrogens is 420 g/mol. The van der Waals surface area contributed by atoms with E-state index in [1.165, 1.54) is 33.6 Å². The predicted molar refractivity (Wildman–Crippen MR) is 120 cm³/mol. The number of carbonyl (C=O) groups excluding carboxylic acids is 2. The van der Waals surface area contributed by atoms with Gasteiger partial charge in [0.05, 0.1) is 11.4 Å². The summed E-state index contributed by atoms with van der Waals surface area (Å²) in [4.78, 5) is 30.9. The summed E-state index contributed by atoms with van der Waals surface area (Å²) in [6.07, 6.45) is 0. The first-order valence-corrected chi connectivity index (χ1v) is 11.2. The molecule has 158 valence electrons. The van der Waals surface area contributed by atoms with Crippen LogP contribution in [0.15, 0.2) is 29.4 Å². The van der Waals surface area contributed by atoms with E-state index >= 15 is 0 Å². The number of nitrogens with zero attached hydrogens (tertiary/aromatic N) is 5. The van der Waals surface area contributed by atoms with Gasteiger partial charge in [0.15, 0.2) is 16.1 Å². The third-order valence-electron chi connectivity index (χ3n) is 4.32. The zero-order valence-electron chi connectivity index (χ0n) is 17.6. The number of benzene rings is 1. The van der Waals surface area contributed by atoms with Gasteiger partial charge in [-0.3, -0.25) is 9.59 Å². The first-order chi connectivity index (χ1) is 14.3. The summed E-state index contributed by atoms with van der Waals surface area (Å²) in [6.45, 7) is 6.51. The second-order valence-electron chi connectivity index (χ2n) is 6.89. The van der Waals surface area contributed by atoms with Crippen LogP contribution < -0.4 is 5.32 Å². The number of rotatable bonds is 7. The number of thiazole rings is 1.